The fourth-order valence-electron chi connectivity index (χ4n) is 1.45. The Morgan fingerprint density at radius 2 is 2.28 bits per heavy atom. The summed E-state index contributed by atoms with van der Waals surface area (Å²) in [7, 11) is 0. The number of carboxylic acids is 1. The summed E-state index contributed by atoms with van der Waals surface area (Å²) in [6.45, 7) is 0.753. The number of carbonyl (C=O) groups excluding carboxylic acids is 1. The van der Waals surface area contributed by atoms with Crippen LogP contribution in [-0.2, 0) is 4.79 Å². The van der Waals surface area contributed by atoms with Crippen LogP contribution in [0.3, 0.4) is 0 Å². The number of fused-ring (bicyclic) bond motifs is 1. The van der Waals surface area contributed by atoms with Crippen LogP contribution in [0.5, 0.6) is 11.5 Å². The summed E-state index contributed by atoms with van der Waals surface area (Å²) in [4.78, 5) is 22.0. The summed E-state index contributed by atoms with van der Waals surface area (Å²) in [5.74, 6) is -0.721. The van der Waals surface area contributed by atoms with Crippen LogP contribution < -0.4 is 9.47 Å². The van der Waals surface area contributed by atoms with Crippen LogP contribution in [0.2, 0.25) is 0 Å². The van der Waals surface area contributed by atoms with E-state index in [-0.39, 0.29) is 12.4 Å². The number of Topliss-reactive ketones (excluding diaryl/α,β-unsaturated/α-hetero) is 1. The number of benzene rings is 1. The fraction of sp³-hybridized carbons (Fsp3) is 0.333. The lowest BCUT2D eigenvalue weighted by Crippen LogP contribution is -2.41. The Kier molecular flexibility index (Phi) is 2.96. The minimum Gasteiger partial charge on any atom is -0.490 e. The van der Waals surface area contributed by atoms with Gasteiger partial charge in [0.2, 0.25) is 5.78 Å². The molecule has 0 saturated heterocycles. The molecule has 0 saturated carbocycles. The van der Waals surface area contributed by atoms with E-state index >= 15 is 0 Å². The molecule has 6 nitrogen and oxygen atoms in total. The first-order chi connectivity index (χ1) is 8.40. The van der Waals surface area contributed by atoms with E-state index in [4.69, 9.17) is 14.6 Å². The molecule has 18 heavy (non-hydrogen) atoms. The van der Waals surface area contributed by atoms with E-state index in [2.05, 4.69) is 0 Å². The quantitative estimate of drug-likeness (QED) is 0.809. The Hall–Kier alpha value is -2.08. The zero-order valence-corrected chi connectivity index (χ0v) is 9.67. The van der Waals surface area contributed by atoms with Crippen molar-refractivity contribution in [3.05, 3.63) is 23.8 Å². The van der Waals surface area contributed by atoms with E-state index in [1.54, 1.807) is 6.07 Å². The predicted octanol–water partition coefficient (Wildman–Crippen LogP) is 0.476. The minimum absolute atomic E-state index is 0.00558. The van der Waals surface area contributed by atoms with Crippen molar-refractivity contribution in [2.45, 2.75) is 12.5 Å². The maximum Gasteiger partial charge on any atom is 0.339 e. The number of hydrogen-bond donors (Lipinski definition) is 2. The highest BCUT2D eigenvalue weighted by molar-refractivity contribution is 6.02. The van der Waals surface area contributed by atoms with Gasteiger partial charge in [0, 0.05) is 6.07 Å². The first-order valence-corrected chi connectivity index (χ1v) is 5.29. The molecule has 2 rings (SSSR count). The molecule has 96 valence electrons. The second-order valence-corrected chi connectivity index (χ2v) is 4.24. The number of aliphatic carboxylic acids is 1. The van der Waals surface area contributed by atoms with E-state index in [0.29, 0.717) is 17.1 Å². The molecule has 6 heteroatoms. The van der Waals surface area contributed by atoms with E-state index in [0.717, 1.165) is 6.92 Å². The summed E-state index contributed by atoms with van der Waals surface area (Å²) in [5, 5.41) is 18.2. The van der Waals surface area contributed by atoms with Crippen LogP contribution >= 0.6 is 0 Å². The zero-order chi connectivity index (χ0) is 13.3. The third-order valence-electron chi connectivity index (χ3n) is 2.59. The van der Waals surface area contributed by atoms with Crippen molar-refractivity contribution < 1.29 is 29.3 Å². The lowest BCUT2D eigenvalue weighted by Gasteiger charge is -2.18. The number of carboxylic acid groups (broad SMARTS) is 1. The molecule has 0 aliphatic carbocycles. The number of ether oxygens (including phenoxy) is 2. The first kappa shape index (κ1) is 12.4. The minimum atomic E-state index is -1.96. The van der Waals surface area contributed by atoms with Crippen LogP contribution in [0.25, 0.3) is 0 Å². The summed E-state index contributed by atoms with van der Waals surface area (Å²) in [6, 6.07) is 4.58. The van der Waals surface area contributed by atoms with Gasteiger partial charge in [0.05, 0.1) is 5.56 Å². The Balaban J connectivity index is 2.08. The van der Waals surface area contributed by atoms with Crippen molar-refractivity contribution in [2.24, 2.45) is 0 Å². The molecule has 1 heterocycles. The van der Waals surface area contributed by atoms with E-state index in [9.17, 15) is 14.7 Å². The molecule has 1 aromatic carbocycles. The van der Waals surface area contributed by atoms with Crippen LogP contribution in [0.4, 0.5) is 0 Å². The first-order valence-electron chi connectivity index (χ1n) is 5.29. The smallest absolute Gasteiger partial charge is 0.339 e. The Labute approximate surface area is 103 Å². The van der Waals surface area contributed by atoms with Crippen molar-refractivity contribution in [1.29, 1.82) is 0 Å². The number of rotatable bonds is 4. The van der Waals surface area contributed by atoms with Crippen molar-refractivity contribution in [3.63, 3.8) is 0 Å². The standard InChI is InChI=1S/C12H12O6/c1-12(16,11(14)15)6-18-7-2-3-8-9(13)5-17-10(8)4-7/h2-4,16H,5-6H2,1H3,(H,14,15). The van der Waals surface area contributed by atoms with Gasteiger partial charge in [-0.15, -0.1) is 0 Å². The third kappa shape index (κ3) is 2.28. The maximum atomic E-state index is 11.3. The second-order valence-electron chi connectivity index (χ2n) is 4.24. The van der Waals surface area contributed by atoms with Crippen LogP contribution in [0.15, 0.2) is 18.2 Å². The Morgan fingerprint density at radius 3 is 2.94 bits per heavy atom. The molecule has 0 radical (unpaired) electrons. The topological polar surface area (TPSA) is 93.1 Å². The molecule has 0 amide bonds. The van der Waals surface area contributed by atoms with Crippen LogP contribution in [0, 0.1) is 0 Å². The lowest BCUT2D eigenvalue weighted by molar-refractivity contribution is -0.159. The molecule has 0 bridgehead atoms. The van der Waals surface area contributed by atoms with Crippen LogP contribution in [0.1, 0.15) is 17.3 Å². The van der Waals surface area contributed by atoms with Gasteiger partial charge in [-0.1, -0.05) is 0 Å². The van der Waals surface area contributed by atoms with Gasteiger partial charge in [0.1, 0.15) is 18.1 Å². The summed E-state index contributed by atoms with van der Waals surface area (Å²) in [6.07, 6.45) is 0. The highest BCUT2D eigenvalue weighted by atomic mass is 16.5. The number of aliphatic hydroxyl groups is 1. The molecule has 1 unspecified atom stereocenters. The third-order valence-corrected chi connectivity index (χ3v) is 2.59. The fourth-order valence-corrected chi connectivity index (χ4v) is 1.45. The summed E-state index contributed by atoms with van der Waals surface area (Å²) in [5.41, 5.74) is -1.48. The van der Waals surface area contributed by atoms with Gasteiger partial charge in [0.25, 0.3) is 0 Å². The van der Waals surface area contributed by atoms with Gasteiger partial charge in [-0.3, -0.25) is 4.79 Å². The van der Waals surface area contributed by atoms with Crippen molar-refractivity contribution in [1.82, 2.24) is 0 Å². The van der Waals surface area contributed by atoms with E-state index in [1.807, 2.05) is 0 Å². The number of ketones is 1. The van der Waals surface area contributed by atoms with Gasteiger partial charge in [-0.2, -0.15) is 0 Å². The zero-order valence-electron chi connectivity index (χ0n) is 9.67. The molecule has 0 aromatic heterocycles. The van der Waals surface area contributed by atoms with E-state index in [1.165, 1.54) is 12.1 Å². The summed E-state index contributed by atoms with van der Waals surface area (Å²) >= 11 is 0. The average Bonchev–Trinajstić information content (AvgIpc) is 2.68. The van der Waals surface area contributed by atoms with Crippen molar-refractivity contribution >= 4 is 11.8 Å². The molecule has 1 aliphatic rings. The lowest BCUT2D eigenvalue weighted by atomic mass is 10.1. The predicted molar refractivity (Wildman–Crippen MR) is 60.0 cm³/mol. The van der Waals surface area contributed by atoms with Crippen molar-refractivity contribution in [3.8, 4) is 11.5 Å². The highest BCUT2D eigenvalue weighted by Crippen LogP contribution is 2.29. The van der Waals surface area contributed by atoms with Gasteiger partial charge >= 0.3 is 5.97 Å². The molecule has 2 N–H and O–H groups in total. The molecule has 0 spiro atoms. The van der Waals surface area contributed by atoms with Gasteiger partial charge < -0.3 is 19.7 Å². The molecule has 1 aromatic rings. The van der Waals surface area contributed by atoms with Gasteiger partial charge in [-0.05, 0) is 19.1 Å². The van der Waals surface area contributed by atoms with Gasteiger partial charge in [-0.25, -0.2) is 4.79 Å². The molecule has 1 aliphatic heterocycles. The molecular formula is C12H12O6. The largest absolute Gasteiger partial charge is 0.490 e. The Bertz CT molecular complexity index is 505. The highest BCUT2D eigenvalue weighted by Gasteiger charge is 2.31. The van der Waals surface area contributed by atoms with Crippen LogP contribution in [-0.4, -0.2) is 40.8 Å². The SMILES string of the molecule is CC(O)(COc1ccc2c(c1)OCC2=O)C(=O)O. The normalized spacial score (nSPS) is 16.7. The maximum absolute atomic E-state index is 11.3. The number of carbonyl (C=O) groups is 2. The summed E-state index contributed by atoms with van der Waals surface area (Å²) < 4.78 is 10.3. The molecule has 0 fully saturated rings. The second kappa shape index (κ2) is 4.30. The van der Waals surface area contributed by atoms with Crippen molar-refractivity contribution in [2.75, 3.05) is 13.2 Å². The monoisotopic (exact) mass is 252 g/mol. The van der Waals surface area contributed by atoms with Gasteiger partial charge in [0.15, 0.2) is 12.2 Å². The molecular weight excluding hydrogens is 240 g/mol. The number of hydrogen-bond acceptors (Lipinski definition) is 5. The Morgan fingerprint density at radius 1 is 1.56 bits per heavy atom. The van der Waals surface area contributed by atoms with E-state index < -0.39 is 18.2 Å². The average molecular weight is 252 g/mol. The molecule has 1 atom stereocenters.